The summed E-state index contributed by atoms with van der Waals surface area (Å²) in [6.07, 6.45) is 5.40. The van der Waals surface area contributed by atoms with E-state index in [1.165, 1.54) is 0 Å². The van der Waals surface area contributed by atoms with E-state index in [-0.39, 0.29) is 11.9 Å². The molecule has 1 fully saturated rings. The van der Waals surface area contributed by atoms with Crippen molar-refractivity contribution in [2.24, 2.45) is 5.73 Å². The summed E-state index contributed by atoms with van der Waals surface area (Å²) in [6.45, 7) is 6.34. The summed E-state index contributed by atoms with van der Waals surface area (Å²) in [5.74, 6) is 0.182. The quantitative estimate of drug-likeness (QED) is 0.651. The zero-order valence-electron chi connectivity index (χ0n) is 8.91. The molecule has 1 aliphatic rings. The van der Waals surface area contributed by atoms with E-state index in [0.717, 1.165) is 19.3 Å². The molecular weight excluding hydrogens is 176 g/mol. The predicted octanol–water partition coefficient (Wildman–Crippen LogP) is 1.29. The highest BCUT2D eigenvalue weighted by molar-refractivity contribution is 5.77. The average Bonchev–Trinajstić information content (AvgIpc) is 2.97. The Morgan fingerprint density at radius 1 is 1.71 bits per heavy atom. The van der Waals surface area contributed by atoms with Crippen molar-refractivity contribution in [3.63, 3.8) is 0 Å². The van der Waals surface area contributed by atoms with Gasteiger partial charge < -0.3 is 10.6 Å². The van der Waals surface area contributed by atoms with Crippen LogP contribution in [-0.4, -0.2) is 29.4 Å². The second-order valence-electron chi connectivity index (χ2n) is 3.94. The van der Waals surface area contributed by atoms with E-state index >= 15 is 0 Å². The summed E-state index contributed by atoms with van der Waals surface area (Å²) in [6, 6.07) is 0.470. The number of rotatable bonds is 6. The minimum absolute atomic E-state index is 0.00793. The molecule has 0 saturated heterocycles. The van der Waals surface area contributed by atoms with Crippen LogP contribution in [0, 0.1) is 0 Å². The molecule has 0 spiro atoms. The number of amides is 1. The minimum Gasteiger partial charge on any atom is -0.336 e. The van der Waals surface area contributed by atoms with Gasteiger partial charge in [0.25, 0.3) is 0 Å². The van der Waals surface area contributed by atoms with E-state index in [4.69, 9.17) is 5.73 Å². The molecule has 0 radical (unpaired) electrons. The molecule has 0 aliphatic heterocycles. The molecule has 1 amide bonds. The molecule has 1 saturated carbocycles. The fraction of sp³-hybridized carbons (Fsp3) is 0.727. The van der Waals surface area contributed by atoms with Crippen molar-refractivity contribution in [3.8, 4) is 0 Å². The van der Waals surface area contributed by atoms with Gasteiger partial charge in [-0.1, -0.05) is 13.0 Å². The van der Waals surface area contributed by atoms with E-state index in [2.05, 4.69) is 6.58 Å². The van der Waals surface area contributed by atoms with Gasteiger partial charge in [0.05, 0.1) is 0 Å². The van der Waals surface area contributed by atoms with Crippen LogP contribution in [0.3, 0.4) is 0 Å². The summed E-state index contributed by atoms with van der Waals surface area (Å²) in [5.41, 5.74) is 5.76. The number of hydrogen-bond acceptors (Lipinski definition) is 2. The molecule has 3 nitrogen and oxygen atoms in total. The zero-order chi connectivity index (χ0) is 10.6. The fourth-order valence-corrected chi connectivity index (χ4v) is 1.47. The molecule has 1 aliphatic carbocycles. The lowest BCUT2D eigenvalue weighted by Gasteiger charge is -2.22. The first-order valence-electron chi connectivity index (χ1n) is 5.35. The lowest BCUT2D eigenvalue weighted by molar-refractivity contribution is -0.131. The van der Waals surface area contributed by atoms with Crippen LogP contribution >= 0.6 is 0 Å². The third-order valence-corrected chi connectivity index (χ3v) is 2.59. The topological polar surface area (TPSA) is 46.3 Å². The average molecular weight is 196 g/mol. The Hall–Kier alpha value is -0.830. The van der Waals surface area contributed by atoms with Gasteiger partial charge in [-0.2, -0.15) is 0 Å². The van der Waals surface area contributed by atoms with Crippen LogP contribution in [0.5, 0.6) is 0 Å². The van der Waals surface area contributed by atoms with Crippen molar-refractivity contribution in [1.29, 1.82) is 0 Å². The van der Waals surface area contributed by atoms with Gasteiger partial charge in [0, 0.05) is 25.0 Å². The largest absolute Gasteiger partial charge is 0.336 e. The first kappa shape index (κ1) is 11.2. The molecule has 0 aromatic heterocycles. The molecule has 14 heavy (non-hydrogen) atoms. The molecular formula is C11H20N2O. The van der Waals surface area contributed by atoms with Crippen LogP contribution in [0.4, 0.5) is 0 Å². The van der Waals surface area contributed by atoms with Gasteiger partial charge in [-0.3, -0.25) is 4.79 Å². The van der Waals surface area contributed by atoms with E-state index in [1.54, 1.807) is 6.08 Å². The van der Waals surface area contributed by atoms with Gasteiger partial charge in [0.2, 0.25) is 5.91 Å². The maximum atomic E-state index is 11.8. The van der Waals surface area contributed by atoms with Crippen LogP contribution in [0.25, 0.3) is 0 Å². The van der Waals surface area contributed by atoms with Crippen molar-refractivity contribution in [3.05, 3.63) is 12.7 Å². The fourth-order valence-electron chi connectivity index (χ4n) is 1.47. The summed E-state index contributed by atoms with van der Waals surface area (Å²) in [4.78, 5) is 13.7. The van der Waals surface area contributed by atoms with Gasteiger partial charge in [0.15, 0.2) is 0 Å². The van der Waals surface area contributed by atoms with Gasteiger partial charge in [-0.15, -0.1) is 6.58 Å². The lowest BCUT2D eigenvalue weighted by Crippen LogP contribution is -2.37. The zero-order valence-corrected chi connectivity index (χ0v) is 8.91. The molecule has 0 bridgehead atoms. The highest BCUT2D eigenvalue weighted by Gasteiger charge is 2.31. The van der Waals surface area contributed by atoms with Crippen molar-refractivity contribution in [2.75, 3.05) is 6.54 Å². The Morgan fingerprint density at radius 3 is 2.79 bits per heavy atom. The summed E-state index contributed by atoms with van der Waals surface area (Å²) in [7, 11) is 0. The van der Waals surface area contributed by atoms with Crippen LogP contribution in [0.1, 0.15) is 32.6 Å². The van der Waals surface area contributed by atoms with Crippen LogP contribution in [0.2, 0.25) is 0 Å². The highest BCUT2D eigenvalue weighted by atomic mass is 16.2. The SMILES string of the molecule is C=CCN(C(=O)CC(N)CC)C1CC1. The van der Waals surface area contributed by atoms with E-state index < -0.39 is 0 Å². The third kappa shape index (κ3) is 3.14. The standard InChI is InChI=1S/C11H20N2O/c1-3-7-13(10-5-6-10)11(14)8-9(12)4-2/h3,9-10H,1,4-8,12H2,2H3. The molecule has 1 unspecified atom stereocenters. The highest BCUT2D eigenvalue weighted by Crippen LogP contribution is 2.27. The number of hydrogen-bond donors (Lipinski definition) is 1. The second kappa shape index (κ2) is 5.15. The number of nitrogens with two attached hydrogens (primary N) is 1. The molecule has 3 heteroatoms. The Morgan fingerprint density at radius 2 is 2.36 bits per heavy atom. The molecule has 0 aromatic rings. The van der Waals surface area contributed by atoms with Crippen molar-refractivity contribution in [1.82, 2.24) is 4.90 Å². The molecule has 1 atom stereocenters. The van der Waals surface area contributed by atoms with Gasteiger partial charge in [-0.05, 0) is 19.3 Å². The maximum Gasteiger partial charge on any atom is 0.224 e. The second-order valence-corrected chi connectivity index (χ2v) is 3.94. The predicted molar refractivity (Wildman–Crippen MR) is 57.8 cm³/mol. The van der Waals surface area contributed by atoms with E-state index in [0.29, 0.717) is 19.0 Å². The van der Waals surface area contributed by atoms with E-state index in [1.807, 2.05) is 11.8 Å². The molecule has 1 rings (SSSR count). The summed E-state index contributed by atoms with van der Waals surface area (Å²) < 4.78 is 0. The Labute approximate surface area is 86.0 Å². The normalized spacial score (nSPS) is 17.6. The smallest absolute Gasteiger partial charge is 0.224 e. The van der Waals surface area contributed by atoms with Crippen LogP contribution in [-0.2, 0) is 4.79 Å². The van der Waals surface area contributed by atoms with Crippen molar-refractivity contribution < 1.29 is 4.79 Å². The number of carbonyl (C=O) groups excluding carboxylic acids is 1. The van der Waals surface area contributed by atoms with Gasteiger partial charge in [-0.25, -0.2) is 0 Å². The van der Waals surface area contributed by atoms with Crippen molar-refractivity contribution in [2.45, 2.75) is 44.7 Å². The van der Waals surface area contributed by atoms with E-state index in [9.17, 15) is 4.79 Å². The van der Waals surface area contributed by atoms with Gasteiger partial charge >= 0.3 is 0 Å². The minimum atomic E-state index is 0.00793. The molecule has 2 N–H and O–H groups in total. The van der Waals surface area contributed by atoms with Crippen LogP contribution < -0.4 is 5.73 Å². The summed E-state index contributed by atoms with van der Waals surface area (Å²) in [5, 5.41) is 0. The molecule has 80 valence electrons. The van der Waals surface area contributed by atoms with Crippen LogP contribution in [0.15, 0.2) is 12.7 Å². The third-order valence-electron chi connectivity index (χ3n) is 2.59. The first-order chi connectivity index (χ1) is 6.69. The maximum absolute atomic E-state index is 11.8. The first-order valence-corrected chi connectivity index (χ1v) is 5.35. The Balaban J connectivity index is 2.41. The lowest BCUT2D eigenvalue weighted by atomic mass is 10.1. The van der Waals surface area contributed by atoms with Crippen molar-refractivity contribution >= 4 is 5.91 Å². The Kier molecular flexibility index (Phi) is 4.14. The Bertz CT molecular complexity index is 211. The number of carbonyl (C=O) groups is 1. The molecule has 0 aromatic carbocycles. The monoisotopic (exact) mass is 196 g/mol. The summed E-state index contributed by atoms with van der Waals surface area (Å²) >= 11 is 0. The van der Waals surface area contributed by atoms with Gasteiger partial charge in [0.1, 0.15) is 0 Å². The molecule has 0 heterocycles. The number of nitrogens with zero attached hydrogens (tertiary/aromatic N) is 1.